The Bertz CT molecular complexity index is 1020. The van der Waals surface area contributed by atoms with Crippen LogP contribution in [0, 0.1) is 5.92 Å². The minimum atomic E-state index is -0.614. The number of hydrogen-bond donors (Lipinski definition) is 3. The standard InChI is InChI=1S/C20H29N5O3/c1-5-8-25-16-15(18(27)23-19(25)28)13(9-14(22-16)12-6-7-12)17(26)24-20(4,10-21)11(2)3/h9,11-12H,5-8,10,21H2,1-4H3,(H,24,26)(H,23,27,28). The van der Waals surface area contributed by atoms with Crippen molar-refractivity contribution in [3.05, 3.63) is 38.2 Å². The molecule has 1 unspecified atom stereocenters. The van der Waals surface area contributed by atoms with Crippen LogP contribution in [0.25, 0.3) is 11.0 Å². The molecular formula is C20H29N5O3. The zero-order valence-electron chi connectivity index (χ0n) is 17.0. The number of carbonyl (C=O) groups is 1. The number of nitrogens with two attached hydrogens (primary N) is 1. The van der Waals surface area contributed by atoms with Crippen molar-refractivity contribution < 1.29 is 4.79 Å². The first-order valence-corrected chi connectivity index (χ1v) is 9.92. The lowest BCUT2D eigenvalue weighted by Gasteiger charge is -2.33. The van der Waals surface area contributed by atoms with Gasteiger partial charge in [-0.3, -0.25) is 19.1 Å². The summed E-state index contributed by atoms with van der Waals surface area (Å²) in [7, 11) is 0. The smallest absolute Gasteiger partial charge is 0.329 e. The van der Waals surface area contributed by atoms with Crippen LogP contribution in [-0.4, -0.2) is 32.5 Å². The van der Waals surface area contributed by atoms with Crippen molar-refractivity contribution in [2.75, 3.05) is 6.54 Å². The van der Waals surface area contributed by atoms with E-state index >= 15 is 0 Å². The van der Waals surface area contributed by atoms with Crippen LogP contribution in [0.15, 0.2) is 15.7 Å². The molecule has 2 aromatic heterocycles. The van der Waals surface area contributed by atoms with Gasteiger partial charge in [-0.05, 0) is 38.2 Å². The van der Waals surface area contributed by atoms with Gasteiger partial charge in [-0.15, -0.1) is 0 Å². The van der Waals surface area contributed by atoms with Crippen LogP contribution in [0.5, 0.6) is 0 Å². The summed E-state index contributed by atoms with van der Waals surface area (Å²) in [6.07, 6.45) is 2.69. The molecule has 3 rings (SSSR count). The lowest BCUT2D eigenvalue weighted by atomic mass is 9.88. The Morgan fingerprint density at radius 2 is 2.11 bits per heavy atom. The van der Waals surface area contributed by atoms with E-state index in [-0.39, 0.29) is 40.9 Å². The molecule has 0 bridgehead atoms. The van der Waals surface area contributed by atoms with Gasteiger partial charge in [0, 0.05) is 24.7 Å². The molecule has 1 atom stereocenters. The molecule has 1 amide bonds. The molecule has 0 aromatic carbocycles. The van der Waals surface area contributed by atoms with E-state index in [4.69, 9.17) is 5.73 Å². The molecule has 8 nitrogen and oxygen atoms in total. The maximum absolute atomic E-state index is 13.2. The summed E-state index contributed by atoms with van der Waals surface area (Å²) in [6.45, 7) is 8.49. The minimum Gasteiger partial charge on any atom is -0.345 e. The van der Waals surface area contributed by atoms with Gasteiger partial charge in [-0.25, -0.2) is 9.78 Å². The molecule has 28 heavy (non-hydrogen) atoms. The van der Waals surface area contributed by atoms with Crippen LogP contribution < -0.4 is 22.3 Å². The van der Waals surface area contributed by atoms with E-state index in [1.165, 1.54) is 4.57 Å². The molecule has 152 valence electrons. The van der Waals surface area contributed by atoms with E-state index in [9.17, 15) is 14.4 Å². The van der Waals surface area contributed by atoms with Gasteiger partial charge < -0.3 is 11.1 Å². The van der Waals surface area contributed by atoms with E-state index < -0.39 is 16.8 Å². The Kier molecular flexibility index (Phi) is 5.43. The third kappa shape index (κ3) is 3.61. The Hall–Kier alpha value is -2.48. The van der Waals surface area contributed by atoms with Gasteiger partial charge in [0.1, 0.15) is 0 Å². The highest BCUT2D eigenvalue weighted by molar-refractivity contribution is 6.05. The third-order valence-corrected chi connectivity index (χ3v) is 5.75. The van der Waals surface area contributed by atoms with E-state index in [2.05, 4.69) is 15.3 Å². The van der Waals surface area contributed by atoms with Crippen molar-refractivity contribution in [1.82, 2.24) is 19.9 Å². The largest absolute Gasteiger partial charge is 0.345 e. The van der Waals surface area contributed by atoms with Gasteiger partial charge in [0.05, 0.1) is 16.5 Å². The van der Waals surface area contributed by atoms with Gasteiger partial charge in [-0.1, -0.05) is 20.8 Å². The molecule has 1 aliphatic carbocycles. The number of nitrogens with zero attached hydrogens (tertiary/aromatic N) is 2. The zero-order chi connectivity index (χ0) is 20.6. The highest BCUT2D eigenvalue weighted by atomic mass is 16.2. The summed E-state index contributed by atoms with van der Waals surface area (Å²) in [4.78, 5) is 45.1. The summed E-state index contributed by atoms with van der Waals surface area (Å²) in [5.41, 5.74) is 5.49. The highest BCUT2D eigenvalue weighted by Crippen LogP contribution is 2.40. The monoisotopic (exact) mass is 387 g/mol. The molecular weight excluding hydrogens is 358 g/mol. The van der Waals surface area contributed by atoms with Crippen molar-refractivity contribution in [2.24, 2.45) is 11.7 Å². The maximum Gasteiger partial charge on any atom is 0.329 e. The molecule has 8 heteroatoms. The van der Waals surface area contributed by atoms with Crippen LogP contribution in [0.4, 0.5) is 0 Å². The van der Waals surface area contributed by atoms with Crippen molar-refractivity contribution in [3.63, 3.8) is 0 Å². The van der Waals surface area contributed by atoms with Gasteiger partial charge in [0.25, 0.3) is 11.5 Å². The number of nitrogens with one attached hydrogen (secondary N) is 2. The maximum atomic E-state index is 13.2. The summed E-state index contributed by atoms with van der Waals surface area (Å²) >= 11 is 0. The van der Waals surface area contributed by atoms with E-state index in [1.54, 1.807) is 6.07 Å². The zero-order valence-corrected chi connectivity index (χ0v) is 17.0. The van der Waals surface area contributed by atoms with Gasteiger partial charge >= 0.3 is 5.69 Å². The summed E-state index contributed by atoms with van der Waals surface area (Å²) in [5.74, 6) is 0.00330. The molecule has 0 aliphatic heterocycles. The van der Waals surface area contributed by atoms with Crippen molar-refractivity contribution >= 4 is 16.9 Å². The lowest BCUT2D eigenvalue weighted by Crippen LogP contribution is -2.55. The Balaban J connectivity index is 2.24. The summed E-state index contributed by atoms with van der Waals surface area (Å²) in [5, 5.41) is 3.15. The topological polar surface area (TPSA) is 123 Å². The van der Waals surface area contributed by atoms with Gasteiger partial charge in [0.2, 0.25) is 0 Å². The summed E-state index contributed by atoms with van der Waals surface area (Å²) in [6, 6.07) is 1.70. The number of fused-ring (bicyclic) bond motifs is 1. The fourth-order valence-electron chi connectivity index (χ4n) is 3.25. The first-order chi connectivity index (χ1) is 13.2. The van der Waals surface area contributed by atoms with Gasteiger partial charge in [0.15, 0.2) is 5.65 Å². The first-order valence-electron chi connectivity index (χ1n) is 9.92. The Morgan fingerprint density at radius 1 is 1.43 bits per heavy atom. The molecule has 1 saturated carbocycles. The van der Waals surface area contributed by atoms with Crippen LogP contribution in [-0.2, 0) is 6.54 Å². The average molecular weight is 387 g/mol. The predicted octanol–water partition coefficient (Wildman–Crippen LogP) is 1.48. The molecule has 2 heterocycles. The number of aromatic nitrogens is 3. The molecule has 1 aliphatic rings. The molecule has 2 aromatic rings. The number of carbonyl (C=O) groups excluding carboxylic acids is 1. The number of aromatic amines is 1. The normalized spacial score (nSPS) is 16.4. The number of rotatable bonds is 7. The number of pyridine rings is 1. The Morgan fingerprint density at radius 3 is 2.64 bits per heavy atom. The minimum absolute atomic E-state index is 0.106. The molecule has 1 fully saturated rings. The van der Waals surface area contributed by atoms with Crippen LogP contribution in [0.2, 0.25) is 0 Å². The predicted molar refractivity (Wildman–Crippen MR) is 109 cm³/mol. The van der Waals surface area contributed by atoms with E-state index in [1.807, 2.05) is 27.7 Å². The molecule has 4 N–H and O–H groups in total. The second kappa shape index (κ2) is 7.50. The lowest BCUT2D eigenvalue weighted by molar-refractivity contribution is 0.0884. The van der Waals surface area contributed by atoms with Crippen molar-refractivity contribution in [2.45, 2.75) is 65.0 Å². The fraction of sp³-hybridized carbons (Fsp3) is 0.600. The highest BCUT2D eigenvalue weighted by Gasteiger charge is 2.32. The Labute approximate surface area is 163 Å². The second-order valence-corrected chi connectivity index (χ2v) is 8.21. The SMILES string of the molecule is CCCn1c(=O)[nH]c(=O)c2c(C(=O)NC(C)(CN)C(C)C)cc(C3CC3)nc21. The third-order valence-electron chi connectivity index (χ3n) is 5.75. The fourth-order valence-corrected chi connectivity index (χ4v) is 3.25. The molecule has 0 saturated heterocycles. The van der Waals surface area contributed by atoms with Crippen molar-refractivity contribution in [1.29, 1.82) is 0 Å². The van der Waals surface area contributed by atoms with Crippen molar-refractivity contribution in [3.8, 4) is 0 Å². The van der Waals surface area contributed by atoms with E-state index in [0.29, 0.717) is 13.0 Å². The van der Waals surface area contributed by atoms with Gasteiger partial charge in [-0.2, -0.15) is 0 Å². The van der Waals surface area contributed by atoms with Crippen LogP contribution in [0.3, 0.4) is 0 Å². The first kappa shape index (κ1) is 20.3. The number of aryl methyl sites for hydroxylation is 1. The van der Waals surface area contributed by atoms with E-state index in [0.717, 1.165) is 18.5 Å². The quantitative estimate of drug-likeness (QED) is 0.664. The van der Waals surface area contributed by atoms with Crippen LogP contribution in [0.1, 0.15) is 68.9 Å². The van der Waals surface area contributed by atoms with Crippen LogP contribution >= 0.6 is 0 Å². The molecule has 0 spiro atoms. The second-order valence-electron chi connectivity index (χ2n) is 8.21. The average Bonchev–Trinajstić information content (AvgIpc) is 3.48. The number of hydrogen-bond acceptors (Lipinski definition) is 5. The number of H-pyrrole nitrogens is 1. The molecule has 0 radical (unpaired) electrons. The summed E-state index contributed by atoms with van der Waals surface area (Å²) < 4.78 is 1.45. The number of amides is 1.